The Morgan fingerprint density at radius 2 is 2.22 bits per heavy atom. The number of pyridine rings is 1. The second-order valence-corrected chi connectivity index (χ2v) is 3.87. The Labute approximate surface area is 105 Å². The second-order valence-electron chi connectivity index (χ2n) is 3.87. The van der Waals surface area contributed by atoms with Crippen molar-refractivity contribution in [3.05, 3.63) is 41.5 Å². The molecule has 0 radical (unpaired) electrons. The van der Waals surface area contributed by atoms with Crippen LogP contribution in [0, 0.1) is 6.92 Å². The van der Waals surface area contributed by atoms with Crippen molar-refractivity contribution < 1.29 is 9.53 Å². The lowest BCUT2D eigenvalue weighted by atomic mass is 10.1. The lowest BCUT2D eigenvalue weighted by molar-refractivity contribution is 0.102. The minimum Gasteiger partial charge on any atom is -0.493 e. The molecule has 18 heavy (non-hydrogen) atoms. The van der Waals surface area contributed by atoms with Crippen LogP contribution in [0.4, 0.5) is 0 Å². The number of carbonyl (C=O) groups excluding carboxylic acids is 1. The number of carbonyl (C=O) groups is 1. The van der Waals surface area contributed by atoms with Crippen LogP contribution in [0.1, 0.15) is 28.8 Å². The van der Waals surface area contributed by atoms with E-state index in [2.05, 4.69) is 10.1 Å². The molecule has 0 fully saturated rings. The van der Waals surface area contributed by atoms with Crippen LogP contribution in [-0.2, 0) is 6.54 Å². The molecule has 0 N–H and O–H groups in total. The highest BCUT2D eigenvalue weighted by Crippen LogP contribution is 2.20. The number of aromatic nitrogens is 3. The predicted octanol–water partition coefficient (Wildman–Crippen LogP) is 1.85. The molecule has 0 aliphatic heterocycles. The molecule has 94 valence electrons. The Hall–Kier alpha value is -2.17. The van der Waals surface area contributed by atoms with E-state index in [1.165, 1.54) is 7.11 Å². The smallest absolute Gasteiger partial charge is 0.233 e. The van der Waals surface area contributed by atoms with E-state index in [9.17, 15) is 4.79 Å². The number of aryl methyl sites for hydroxylation is 2. The highest BCUT2D eigenvalue weighted by Gasteiger charge is 2.21. The number of nitrogens with zero attached hydrogens (tertiary/aromatic N) is 3. The van der Waals surface area contributed by atoms with Gasteiger partial charge in [0.1, 0.15) is 5.69 Å². The van der Waals surface area contributed by atoms with Crippen molar-refractivity contribution in [2.24, 2.45) is 0 Å². The standard InChI is InChI=1S/C13H15N3O2/c1-4-16-12(11(18-3)8-14-16)13(17)10-7-5-6-9(2)15-10/h5-8H,4H2,1-3H3. The van der Waals surface area contributed by atoms with Crippen LogP contribution in [0.5, 0.6) is 5.75 Å². The Morgan fingerprint density at radius 3 is 2.83 bits per heavy atom. The van der Waals surface area contributed by atoms with Crippen molar-refractivity contribution in [2.75, 3.05) is 7.11 Å². The van der Waals surface area contributed by atoms with Crippen LogP contribution >= 0.6 is 0 Å². The summed E-state index contributed by atoms with van der Waals surface area (Å²) in [7, 11) is 1.53. The first-order chi connectivity index (χ1) is 8.67. The summed E-state index contributed by atoms with van der Waals surface area (Å²) in [6, 6.07) is 5.36. The highest BCUT2D eigenvalue weighted by molar-refractivity contribution is 6.08. The van der Waals surface area contributed by atoms with Gasteiger partial charge in [-0.2, -0.15) is 5.10 Å². The molecule has 0 atom stereocenters. The maximum Gasteiger partial charge on any atom is 0.233 e. The average molecular weight is 245 g/mol. The average Bonchev–Trinajstić information content (AvgIpc) is 2.80. The van der Waals surface area contributed by atoms with Crippen LogP contribution in [0.2, 0.25) is 0 Å². The summed E-state index contributed by atoms with van der Waals surface area (Å²) in [6.07, 6.45) is 1.55. The first-order valence-electron chi connectivity index (χ1n) is 5.75. The fraction of sp³-hybridized carbons (Fsp3) is 0.308. The van der Waals surface area contributed by atoms with Crippen LogP contribution in [-0.4, -0.2) is 27.7 Å². The van der Waals surface area contributed by atoms with Crippen molar-refractivity contribution >= 4 is 5.78 Å². The SMILES string of the molecule is CCn1ncc(OC)c1C(=O)c1cccc(C)n1. The van der Waals surface area contributed by atoms with E-state index in [1.807, 2.05) is 26.0 Å². The topological polar surface area (TPSA) is 57.0 Å². The van der Waals surface area contributed by atoms with Gasteiger partial charge in [0.25, 0.3) is 0 Å². The highest BCUT2D eigenvalue weighted by atomic mass is 16.5. The molecule has 5 nitrogen and oxygen atoms in total. The van der Waals surface area contributed by atoms with E-state index < -0.39 is 0 Å². The van der Waals surface area contributed by atoms with Gasteiger partial charge in [-0.05, 0) is 26.0 Å². The van der Waals surface area contributed by atoms with E-state index in [-0.39, 0.29) is 5.78 Å². The summed E-state index contributed by atoms with van der Waals surface area (Å²) in [4.78, 5) is 16.6. The lowest BCUT2D eigenvalue weighted by Crippen LogP contribution is -2.13. The summed E-state index contributed by atoms with van der Waals surface area (Å²) < 4.78 is 6.78. The van der Waals surface area contributed by atoms with Crippen molar-refractivity contribution in [1.29, 1.82) is 0 Å². The van der Waals surface area contributed by atoms with Gasteiger partial charge < -0.3 is 4.74 Å². The molecule has 2 heterocycles. The van der Waals surface area contributed by atoms with Crippen molar-refractivity contribution in [1.82, 2.24) is 14.8 Å². The second kappa shape index (κ2) is 5.00. The third-order valence-corrected chi connectivity index (χ3v) is 2.66. The summed E-state index contributed by atoms with van der Waals surface area (Å²) in [5.41, 5.74) is 1.66. The van der Waals surface area contributed by atoms with Crippen LogP contribution in [0.15, 0.2) is 24.4 Å². The molecule has 2 aromatic rings. The van der Waals surface area contributed by atoms with E-state index in [4.69, 9.17) is 4.74 Å². The van der Waals surface area contributed by atoms with Crippen molar-refractivity contribution in [2.45, 2.75) is 20.4 Å². The molecule has 0 saturated heterocycles. The van der Waals surface area contributed by atoms with Gasteiger partial charge in [-0.15, -0.1) is 0 Å². The molecular formula is C13H15N3O2. The molecule has 0 aromatic carbocycles. The Kier molecular flexibility index (Phi) is 3.41. The van der Waals surface area contributed by atoms with Crippen molar-refractivity contribution in [3.8, 4) is 5.75 Å². The number of methoxy groups -OCH3 is 1. The maximum atomic E-state index is 12.4. The number of ketones is 1. The zero-order valence-corrected chi connectivity index (χ0v) is 10.7. The molecule has 2 rings (SSSR count). The molecular weight excluding hydrogens is 230 g/mol. The first-order valence-corrected chi connectivity index (χ1v) is 5.75. The number of hydrogen-bond donors (Lipinski definition) is 0. The van der Waals surface area contributed by atoms with Crippen LogP contribution < -0.4 is 4.74 Å². The van der Waals surface area contributed by atoms with Gasteiger partial charge in [-0.3, -0.25) is 9.48 Å². The molecule has 2 aromatic heterocycles. The quantitative estimate of drug-likeness (QED) is 0.771. The fourth-order valence-corrected chi connectivity index (χ4v) is 1.78. The predicted molar refractivity (Wildman–Crippen MR) is 66.9 cm³/mol. The van der Waals surface area contributed by atoms with E-state index in [1.54, 1.807) is 16.9 Å². The van der Waals surface area contributed by atoms with E-state index >= 15 is 0 Å². The van der Waals surface area contributed by atoms with Gasteiger partial charge in [0.15, 0.2) is 11.4 Å². The molecule has 0 bridgehead atoms. The molecule has 0 saturated carbocycles. The summed E-state index contributed by atoms with van der Waals surface area (Å²) >= 11 is 0. The van der Waals surface area contributed by atoms with Gasteiger partial charge in [-0.25, -0.2) is 4.98 Å². The van der Waals surface area contributed by atoms with Gasteiger partial charge in [0, 0.05) is 12.2 Å². The van der Waals surface area contributed by atoms with Crippen molar-refractivity contribution in [3.63, 3.8) is 0 Å². The summed E-state index contributed by atoms with van der Waals surface area (Å²) in [5, 5.41) is 4.12. The normalized spacial score (nSPS) is 10.4. The van der Waals surface area contributed by atoms with E-state index in [0.717, 1.165) is 5.69 Å². The van der Waals surface area contributed by atoms with Crippen LogP contribution in [0.25, 0.3) is 0 Å². The molecule has 0 unspecified atom stereocenters. The summed E-state index contributed by atoms with van der Waals surface area (Å²) in [6.45, 7) is 4.38. The minimum absolute atomic E-state index is 0.171. The molecule has 0 aliphatic rings. The monoisotopic (exact) mass is 245 g/mol. The lowest BCUT2D eigenvalue weighted by Gasteiger charge is -2.06. The largest absolute Gasteiger partial charge is 0.493 e. The maximum absolute atomic E-state index is 12.4. The fourth-order valence-electron chi connectivity index (χ4n) is 1.78. The van der Waals surface area contributed by atoms with Gasteiger partial charge in [-0.1, -0.05) is 6.07 Å². The Morgan fingerprint density at radius 1 is 1.44 bits per heavy atom. The Bertz CT molecular complexity index is 554. The Balaban J connectivity index is 2.48. The minimum atomic E-state index is -0.171. The third-order valence-electron chi connectivity index (χ3n) is 2.66. The van der Waals surface area contributed by atoms with E-state index in [0.29, 0.717) is 23.7 Å². The summed E-state index contributed by atoms with van der Waals surface area (Å²) in [5.74, 6) is 0.306. The van der Waals surface area contributed by atoms with Gasteiger partial charge in [0.05, 0.1) is 13.3 Å². The number of hydrogen-bond acceptors (Lipinski definition) is 4. The first kappa shape index (κ1) is 12.3. The zero-order valence-electron chi connectivity index (χ0n) is 10.7. The van der Waals surface area contributed by atoms with Gasteiger partial charge in [0.2, 0.25) is 5.78 Å². The molecule has 0 amide bonds. The molecule has 0 aliphatic carbocycles. The van der Waals surface area contributed by atoms with Gasteiger partial charge >= 0.3 is 0 Å². The molecule has 5 heteroatoms. The van der Waals surface area contributed by atoms with Crippen LogP contribution in [0.3, 0.4) is 0 Å². The number of ether oxygens (including phenoxy) is 1. The third kappa shape index (κ3) is 2.11. The molecule has 0 spiro atoms. The zero-order chi connectivity index (χ0) is 13.1. The number of rotatable bonds is 4.